The fourth-order valence-corrected chi connectivity index (χ4v) is 4.04. The van der Waals surface area contributed by atoms with Gasteiger partial charge in [0.25, 0.3) is 0 Å². The van der Waals surface area contributed by atoms with Crippen molar-refractivity contribution < 1.29 is 9.90 Å². The molecular formula is C19H23N5O2S. The van der Waals surface area contributed by atoms with Crippen LogP contribution < -0.4 is 5.32 Å². The van der Waals surface area contributed by atoms with Crippen molar-refractivity contribution in [2.24, 2.45) is 0 Å². The lowest BCUT2D eigenvalue weighted by molar-refractivity contribution is -0.123. The van der Waals surface area contributed by atoms with E-state index < -0.39 is 6.10 Å². The largest absolute Gasteiger partial charge is 0.390 e. The van der Waals surface area contributed by atoms with Crippen LogP contribution >= 0.6 is 11.3 Å². The van der Waals surface area contributed by atoms with E-state index in [1.807, 2.05) is 35.2 Å². The zero-order valence-corrected chi connectivity index (χ0v) is 15.8. The number of thiazole rings is 1. The fraction of sp³-hybridized carbons (Fsp3) is 0.421. The highest BCUT2D eigenvalue weighted by molar-refractivity contribution is 7.07. The third kappa shape index (κ3) is 4.52. The van der Waals surface area contributed by atoms with Crippen LogP contribution in [-0.2, 0) is 17.8 Å². The van der Waals surface area contributed by atoms with Crippen molar-refractivity contribution in [1.29, 1.82) is 0 Å². The van der Waals surface area contributed by atoms with Gasteiger partial charge in [-0.2, -0.15) is 0 Å². The number of rotatable bonds is 6. The molecule has 0 bridgehead atoms. The number of hydrogen-bond acceptors (Lipinski definition) is 6. The molecule has 27 heavy (non-hydrogen) atoms. The summed E-state index contributed by atoms with van der Waals surface area (Å²) in [6, 6.07) is 7.63. The zero-order valence-electron chi connectivity index (χ0n) is 15.0. The molecule has 1 aromatic carbocycles. The maximum Gasteiger partial charge on any atom is 0.220 e. The van der Waals surface area contributed by atoms with Gasteiger partial charge >= 0.3 is 0 Å². The topological polar surface area (TPSA) is 94.1 Å². The van der Waals surface area contributed by atoms with Crippen molar-refractivity contribution in [2.75, 3.05) is 13.1 Å². The molecule has 8 heteroatoms. The second kappa shape index (κ2) is 8.16. The van der Waals surface area contributed by atoms with Gasteiger partial charge in [-0.05, 0) is 18.6 Å². The van der Waals surface area contributed by atoms with Crippen LogP contribution in [0, 0.1) is 0 Å². The average Bonchev–Trinajstić information content (AvgIpc) is 3.31. The molecule has 1 saturated heterocycles. The SMILES string of the molecule is O=C(CCc1nc2ccccc2[nH]1)N[C@@H]1CCN(Cc2cscn2)C[C@H]1O. The van der Waals surface area contributed by atoms with Crippen LogP contribution in [0.1, 0.15) is 24.4 Å². The van der Waals surface area contributed by atoms with Gasteiger partial charge in [0, 0.05) is 37.9 Å². The Bertz CT molecular complexity index is 862. The molecule has 4 rings (SSSR count). The van der Waals surface area contributed by atoms with E-state index >= 15 is 0 Å². The highest BCUT2D eigenvalue weighted by atomic mass is 32.1. The Kier molecular flexibility index (Phi) is 5.47. The van der Waals surface area contributed by atoms with Crippen LogP contribution in [0.5, 0.6) is 0 Å². The number of benzene rings is 1. The van der Waals surface area contributed by atoms with Gasteiger partial charge < -0.3 is 15.4 Å². The number of nitrogens with zero attached hydrogens (tertiary/aromatic N) is 3. The summed E-state index contributed by atoms with van der Waals surface area (Å²) in [5.74, 6) is 0.762. The van der Waals surface area contributed by atoms with E-state index in [1.54, 1.807) is 11.3 Å². The highest BCUT2D eigenvalue weighted by Crippen LogP contribution is 2.15. The summed E-state index contributed by atoms with van der Waals surface area (Å²) < 4.78 is 0. The van der Waals surface area contributed by atoms with Crippen LogP contribution in [0.4, 0.5) is 0 Å². The number of β-amino-alcohol motifs (C(OH)–C–C–N with tert-alkyl or cyclic N) is 1. The third-order valence-corrected chi connectivity index (χ3v) is 5.54. The zero-order chi connectivity index (χ0) is 18.6. The molecule has 0 saturated carbocycles. The maximum atomic E-state index is 12.3. The van der Waals surface area contributed by atoms with Crippen molar-refractivity contribution in [3.63, 3.8) is 0 Å². The molecule has 2 aromatic heterocycles. The van der Waals surface area contributed by atoms with Crippen LogP contribution in [-0.4, -0.2) is 56.1 Å². The Hall–Kier alpha value is -2.29. The lowest BCUT2D eigenvalue weighted by Gasteiger charge is -2.35. The maximum absolute atomic E-state index is 12.3. The van der Waals surface area contributed by atoms with Gasteiger partial charge in [-0.3, -0.25) is 9.69 Å². The van der Waals surface area contributed by atoms with E-state index in [1.165, 1.54) is 0 Å². The molecule has 2 atom stereocenters. The van der Waals surface area contributed by atoms with E-state index in [0.717, 1.165) is 42.1 Å². The summed E-state index contributed by atoms with van der Waals surface area (Å²) in [7, 11) is 0. The number of aliphatic hydroxyl groups excluding tert-OH is 1. The van der Waals surface area contributed by atoms with Crippen molar-refractivity contribution in [2.45, 2.75) is 38.0 Å². The van der Waals surface area contributed by atoms with Crippen molar-refractivity contribution in [3.8, 4) is 0 Å². The number of para-hydroxylation sites is 2. The number of carbonyl (C=O) groups excluding carboxylic acids is 1. The Morgan fingerprint density at radius 3 is 3.07 bits per heavy atom. The minimum Gasteiger partial charge on any atom is -0.390 e. The van der Waals surface area contributed by atoms with Crippen LogP contribution in [0.3, 0.4) is 0 Å². The molecule has 1 aliphatic heterocycles. The minimum absolute atomic E-state index is 0.0487. The van der Waals surface area contributed by atoms with Gasteiger partial charge in [0.05, 0.1) is 34.4 Å². The van der Waals surface area contributed by atoms with Gasteiger partial charge in [-0.1, -0.05) is 12.1 Å². The number of aromatic nitrogens is 3. The summed E-state index contributed by atoms with van der Waals surface area (Å²) in [6.07, 6.45) is 1.08. The highest BCUT2D eigenvalue weighted by Gasteiger charge is 2.29. The molecule has 3 aromatic rings. The lowest BCUT2D eigenvalue weighted by Crippen LogP contribution is -2.53. The molecule has 142 valence electrons. The first-order chi connectivity index (χ1) is 13.2. The number of piperidine rings is 1. The molecule has 0 radical (unpaired) electrons. The number of aromatic amines is 1. The molecule has 3 N–H and O–H groups in total. The Morgan fingerprint density at radius 1 is 1.41 bits per heavy atom. The summed E-state index contributed by atoms with van der Waals surface area (Å²) in [5.41, 5.74) is 4.74. The molecule has 7 nitrogen and oxygen atoms in total. The van der Waals surface area contributed by atoms with Gasteiger partial charge in [0.15, 0.2) is 0 Å². The Morgan fingerprint density at radius 2 is 2.30 bits per heavy atom. The number of H-pyrrole nitrogens is 1. The molecule has 1 amide bonds. The number of aryl methyl sites for hydroxylation is 1. The number of hydrogen-bond donors (Lipinski definition) is 3. The molecule has 0 aliphatic carbocycles. The first-order valence-corrected chi connectivity index (χ1v) is 10.1. The second-order valence-corrected chi connectivity index (χ2v) is 7.66. The number of fused-ring (bicyclic) bond motifs is 1. The van der Waals surface area contributed by atoms with E-state index in [2.05, 4.69) is 25.2 Å². The van der Waals surface area contributed by atoms with E-state index in [-0.39, 0.29) is 11.9 Å². The summed E-state index contributed by atoms with van der Waals surface area (Å²) in [5, 5.41) is 15.4. The Balaban J connectivity index is 1.24. The normalized spacial score (nSPS) is 20.8. The number of amides is 1. The minimum atomic E-state index is -0.562. The predicted molar refractivity (Wildman–Crippen MR) is 104 cm³/mol. The monoisotopic (exact) mass is 385 g/mol. The van der Waals surface area contributed by atoms with E-state index in [9.17, 15) is 9.90 Å². The summed E-state index contributed by atoms with van der Waals surface area (Å²) >= 11 is 1.58. The summed E-state index contributed by atoms with van der Waals surface area (Å²) in [4.78, 5) is 26.5. The van der Waals surface area contributed by atoms with Crippen LogP contribution in [0.15, 0.2) is 35.2 Å². The molecule has 1 aliphatic rings. The van der Waals surface area contributed by atoms with Crippen LogP contribution in [0.25, 0.3) is 11.0 Å². The number of nitrogens with one attached hydrogen (secondary N) is 2. The summed E-state index contributed by atoms with van der Waals surface area (Å²) in [6.45, 7) is 2.13. The number of likely N-dealkylation sites (tertiary alicyclic amines) is 1. The van der Waals surface area contributed by atoms with Gasteiger partial charge in [-0.15, -0.1) is 11.3 Å². The molecular weight excluding hydrogens is 362 g/mol. The number of aliphatic hydroxyl groups is 1. The molecule has 0 spiro atoms. The van der Waals surface area contributed by atoms with Gasteiger partial charge in [0.1, 0.15) is 5.82 Å². The van der Waals surface area contributed by atoms with Crippen molar-refractivity contribution in [1.82, 2.24) is 25.2 Å². The first-order valence-electron chi connectivity index (χ1n) is 9.18. The predicted octanol–water partition coefficient (Wildman–Crippen LogP) is 1.70. The second-order valence-electron chi connectivity index (χ2n) is 6.95. The Labute approximate surface area is 161 Å². The van der Waals surface area contributed by atoms with Crippen molar-refractivity contribution >= 4 is 28.3 Å². The van der Waals surface area contributed by atoms with Gasteiger partial charge in [-0.25, -0.2) is 9.97 Å². The third-order valence-electron chi connectivity index (χ3n) is 4.91. The standard InChI is InChI=1S/C19H23N5O2S/c25-17-10-24(9-13-11-27-12-20-13)8-7-16(17)23-19(26)6-5-18-21-14-3-1-2-4-15(14)22-18/h1-4,11-12,16-17,25H,5-10H2,(H,21,22)(H,23,26)/t16-,17-/m1/s1. The number of imidazole rings is 1. The lowest BCUT2D eigenvalue weighted by atomic mass is 10.0. The van der Waals surface area contributed by atoms with E-state index in [4.69, 9.17) is 0 Å². The quantitative estimate of drug-likeness (QED) is 0.600. The first kappa shape index (κ1) is 18.1. The molecule has 1 fully saturated rings. The molecule has 0 unspecified atom stereocenters. The van der Waals surface area contributed by atoms with Gasteiger partial charge in [0.2, 0.25) is 5.91 Å². The molecule has 3 heterocycles. The average molecular weight is 385 g/mol. The van der Waals surface area contributed by atoms with E-state index in [0.29, 0.717) is 19.4 Å². The fourth-order valence-electron chi connectivity index (χ4n) is 3.49. The number of carbonyl (C=O) groups is 1. The smallest absolute Gasteiger partial charge is 0.220 e. The van der Waals surface area contributed by atoms with Crippen LogP contribution in [0.2, 0.25) is 0 Å². The van der Waals surface area contributed by atoms with Crippen molar-refractivity contribution in [3.05, 3.63) is 46.7 Å².